The fraction of sp³-hybridized carbons (Fsp3) is 0.396. The van der Waals surface area contributed by atoms with Gasteiger partial charge in [-0.1, -0.05) is 69.3 Å². The van der Waals surface area contributed by atoms with Gasteiger partial charge in [0, 0.05) is 33.4 Å². The van der Waals surface area contributed by atoms with E-state index in [9.17, 15) is 24.3 Å². The SMILES string of the molecule is C1CCOC1.CO.COc1ccc(Cn2c(=O)nc(NCCN=C(N)N)n(Cc3ccc(O)cc3)c2=O)cc1.COc1ccc(Cn2c(=O)nc(NCCN=C(N)N)n(Cc3ccc(O[Si](C)(C)C(C)(C)C)cc3)c2=O)cc1. The van der Waals surface area contributed by atoms with Gasteiger partial charge in [-0.05, 0) is 102 Å². The minimum atomic E-state index is -1.99. The van der Waals surface area contributed by atoms with Crippen LogP contribution in [0.1, 0.15) is 55.9 Å². The summed E-state index contributed by atoms with van der Waals surface area (Å²) >= 11 is 0. The van der Waals surface area contributed by atoms with Gasteiger partial charge in [-0.3, -0.25) is 19.1 Å². The fourth-order valence-electron chi connectivity index (χ4n) is 7.00. The van der Waals surface area contributed by atoms with E-state index in [0.717, 1.165) is 57.5 Å². The van der Waals surface area contributed by atoms with Crippen molar-refractivity contribution >= 4 is 32.1 Å². The summed E-state index contributed by atoms with van der Waals surface area (Å²) in [6.07, 6.45) is 2.56. The molecule has 24 nitrogen and oxygen atoms in total. The number of aliphatic hydroxyl groups is 1. The molecule has 25 heteroatoms. The summed E-state index contributed by atoms with van der Waals surface area (Å²) in [4.78, 5) is 68.4. The molecule has 1 fully saturated rings. The summed E-state index contributed by atoms with van der Waals surface area (Å²) in [5, 5.41) is 22.6. The zero-order valence-electron chi connectivity index (χ0n) is 45.8. The van der Waals surface area contributed by atoms with Gasteiger partial charge in [0.15, 0.2) is 11.9 Å². The highest BCUT2D eigenvalue weighted by atomic mass is 28.4. The van der Waals surface area contributed by atoms with Crippen LogP contribution in [-0.2, 0) is 30.9 Å². The van der Waals surface area contributed by atoms with Crippen LogP contribution in [0.4, 0.5) is 11.9 Å². The number of ether oxygens (including phenoxy) is 3. The van der Waals surface area contributed by atoms with Gasteiger partial charge in [0.25, 0.3) is 0 Å². The molecular formula is C53H76N14O10Si. The molecular weight excluding hydrogens is 1020 g/mol. The zero-order valence-corrected chi connectivity index (χ0v) is 46.8. The van der Waals surface area contributed by atoms with Crippen molar-refractivity contribution in [3.05, 3.63) is 161 Å². The van der Waals surface area contributed by atoms with Crippen LogP contribution < -0.4 is 70.2 Å². The molecule has 0 bridgehead atoms. The summed E-state index contributed by atoms with van der Waals surface area (Å²) in [7, 11) is 2.15. The zero-order chi connectivity index (χ0) is 57.4. The van der Waals surface area contributed by atoms with Crippen LogP contribution in [0.2, 0.25) is 18.1 Å². The van der Waals surface area contributed by atoms with Crippen LogP contribution in [0.15, 0.2) is 126 Å². The Morgan fingerprint density at radius 3 is 1.23 bits per heavy atom. The Kier molecular flexibility index (Phi) is 24.2. The molecule has 12 N–H and O–H groups in total. The number of aliphatic hydroxyl groups excluding tert-OH is 1. The highest BCUT2D eigenvalue weighted by molar-refractivity contribution is 6.74. The van der Waals surface area contributed by atoms with Crippen molar-refractivity contribution in [3.63, 3.8) is 0 Å². The van der Waals surface area contributed by atoms with Crippen LogP contribution in [-0.4, -0.2) is 119 Å². The van der Waals surface area contributed by atoms with Gasteiger partial charge in [-0.15, -0.1) is 0 Å². The van der Waals surface area contributed by atoms with E-state index in [1.165, 1.54) is 34.1 Å². The van der Waals surface area contributed by atoms with Crippen LogP contribution in [0, 0.1) is 0 Å². The number of phenols is 1. The number of aromatic hydroxyl groups is 1. The summed E-state index contributed by atoms with van der Waals surface area (Å²) in [6, 6.07) is 28.3. The lowest BCUT2D eigenvalue weighted by atomic mass is 10.2. The minimum absolute atomic E-state index is 0.0444. The molecule has 1 aliphatic rings. The van der Waals surface area contributed by atoms with Gasteiger partial charge in [0.1, 0.15) is 23.0 Å². The van der Waals surface area contributed by atoms with Crippen LogP contribution in [0.5, 0.6) is 23.0 Å². The van der Waals surface area contributed by atoms with Crippen molar-refractivity contribution in [2.75, 3.05) is 71.4 Å². The van der Waals surface area contributed by atoms with E-state index in [1.807, 2.05) is 24.3 Å². The third-order valence-corrected chi connectivity index (χ3v) is 16.6. The third-order valence-electron chi connectivity index (χ3n) is 12.2. The second-order valence-electron chi connectivity index (χ2n) is 19.0. The number of aromatic nitrogens is 6. The summed E-state index contributed by atoms with van der Waals surface area (Å²) < 4.78 is 26.6. The molecule has 422 valence electrons. The summed E-state index contributed by atoms with van der Waals surface area (Å²) in [6.45, 7) is 14.5. The number of guanidine groups is 2. The lowest BCUT2D eigenvalue weighted by molar-refractivity contribution is 0.198. The van der Waals surface area contributed by atoms with Gasteiger partial charge in [0.05, 0.1) is 53.5 Å². The minimum Gasteiger partial charge on any atom is -0.544 e. The number of phenolic OH excluding ortho intramolecular Hbond substituents is 1. The van der Waals surface area contributed by atoms with Crippen LogP contribution in [0.3, 0.4) is 0 Å². The Bertz CT molecular complexity index is 3100. The maximum Gasteiger partial charge on any atom is 0.355 e. The molecule has 0 aliphatic carbocycles. The van der Waals surface area contributed by atoms with Gasteiger partial charge in [0.2, 0.25) is 20.2 Å². The van der Waals surface area contributed by atoms with E-state index in [4.69, 9.17) is 46.7 Å². The number of nitrogens with one attached hydrogen (secondary N) is 2. The van der Waals surface area contributed by atoms with E-state index >= 15 is 0 Å². The molecule has 0 atom stereocenters. The second kappa shape index (κ2) is 30.4. The second-order valence-corrected chi connectivity index (χ2v) is 23.7. The van der Waals surface area contributed by atoms with Crippen molar-refractivity contribution in [2.24, 2.45) is 32.9 Å². The predicted octanol–water partition coefficient (Wildman–Crippen LogP) is 2.89. The van der Waals surface area contributed by atoms with E-state index in [0.29, 0.717) is 11.5 Å². The average molecular weight is 1100 g/mol. The van der Waals surface area contributed by atoms with Gasteiger partial charge in [-0.2, -0.15) is 9.97 Å². The third kappa shape index (κ3) is 19.3. The van der Waals surface area contributed by atoms with E-state index in [1.54, 1.807) is 74.9 Å². The van der Waals surface area contributed by atoms with Crippen LogP contribution in [0.25, 0.3) is 0 Å². The molecule has 78 heavy (non-hydrogen) atoms. The van der Waals surface area contributed by atoms with E-state index in [2.05, 4.69) is 64.5 Å². The number of methoxy groups -OCH3 is 2. The molecule has 0 saturated carbocycles. The molecule has 4 aromatic carbocycles. The van der Waals surface area contributed by atoms with E-state index < -0.39 is 31.1 Å². The van der Waals surface area contributed by atoms with Crippen molar-refractivity contribution in [3.8, 4) is 23.0 Å². The molecule has 0 amide bonds. The van der Waals surface area contributed by atoms with Crippen molar-refractivity contribution < 1.29 is 28.8 Å². The quantitative estimate of drug-likeness (QED) is 0.0236. The molecule has 6 aromatic rings. The molecule has 0 unspecified atom stereocenters. The van der Waals surface area contributed by atoms with Crippen molar-refractivity contribution in [1.29, 1.82) is 0 Å². The average Bonchev–Trinajstić information content (AvgIpc) is 4.06. The molecule has 1 aliphatic heterocycles. The van der Waals surface area contributed by atoms with Crippen molar-refractivity contribution in [2.45, 2.75) is 77.9 Å². The standard InChI is InChI=1S/C27H39N7O4Si.C21H25N7O4.C4H8O.CH4O/c1-27(2,3)39(5,6)38-22-13-9-19(10-14-22)17-33-24(31-16-15-30-23(28)29)32-25(35)34(26(33)36)18-20-7-11-21(37-4)12-8-20;1-32-17-8-4-15(5-9-17)13-28-20(30)26-19(25-11-10-24-18(22)23)27(21(28)31)12-14-2-6-16(29)7-3-14;1-2-4-5-3-1;1-2/h7-14H,15-18H2,1-6H3,(H4,28,29,30)(H,31,32,35);2-9,29H,10-13H2,1H3,(H4,22,23,24)(H,25,26,30);1-4H2;2H,1H3. The normalized spacial score (nSPS) is 11.8. The number of anilines is 2. The maximum absolute atomic E-state index is 13.6. The number of aliphatic imine (C=N–C) groups is 2. The number of hydrogen-bond donors (Lipinski definition) is 8. The molecule has 1 saturated heterocycles. The number of nitrogens with two attached hydrogens (primary N) is 4. The Morgan fingerprint density at radius 2 is 0.923 bits per heavy atom. The number of rotatable bonds is 20. The number of nitrogens with zero attached hydrogens (tertiary/aromatic N) is 8. The van der Waals surface area contributed by atoms with E-state index in [-0.39, 0.29) is 87.0 Å². The first kappa shape index (κ1) is 62.1. The van der Waals surface area contributed by atoms with Crippen LogP contribution >= 0.6 is 0 Å². The Hall–Kier alpha value is -8.42. The van der Waals surface area contributed by atoms with Gasteiger partial charge < -0.3 is 62.4 Å². The lowest BCUT2D eigenvalue weighted by Gasteiger charge is -2.36. The number of hydrogen-bond acceptors (Lipinski definition) is 16. The summed E-state index contributed by atoms with van der Waals surface area (Å²) in [5.41, 5.74) is 22.2. The fourth-order valence-corrected chi connectivity index (χ4v) is 8.04. The first-order valence-corrected chi connectivity index (χ1v) is 27.9. The monoisotopic (exact) mass is 1100 g/mol. The topological polar surface area (TPSA) is 344 Å². The summed E-state index contributed by atoms with van der Waals surface area (Å²) in [5.74, 6) is 2.39. The van der Waals surface area contributed by atoms with Crippen molar-refractivity contribution in [1.82, 2.24) is 28.2 Å². The molecule has 0 spiro atoms. The highest BCUT2D eigenvalue weighted by Gasteiger charge is 2.39. The van der Waals surface area contributed by atoms with Gasteiger partial charge in [-0.25, -0.2) is 28.3 Å². The Balaban J connectivity index is 0.000000303. The molecule has 0 radical (unpaired) electrons. The molecule has 3 heterocycles. The first-order valence-electron chi connectivity index (χ1n) is 25.0. The lowest BCUT2D eigenvalue weighted by Crippen LogP contribution is -2.44. The highest BCUT2D eigenvalue weighted by Crippen LogP contribution is 2.37. The maximum atomic E-state index is 13.6. The molecule has 7 rings (SSSR count). The van der Waals surface area contributed by atoms with Gasteiger partial charge >= 0.3 is 22.8 Å². The Labute approximate surface area is 454 Å². The number of benzene rings is 4. The Morgan fingerprint density at radius 1 is 0.590 bits per heavy atom. The smallest absolute Gasteiger partial charge is 0.355 e. The predicted molar refractivity (Wildman–Crippen MR) is 307 cm³/mol. The first-order chi connectivity index (χ1) is 37.2. The largest absolute Gasteiger partial charge is 0.544 e. The molecule has 2 aromatic heterocycles.